The van der Waals surface area contributed by atoms with Crippen molar-refractivity contribution >= 4 is 11.7 Å². The van der Waals surface area contributed by atoms with Crippen LogP contribution in [-0.2, 0) is 17.8 Å². The number of aryl methyl sites for hydroxylation is 1. The van der Waals surface area contributed by atoms with Gasteiger partial charge in [-0.05, 0) is 17.5 Å². The summed E-state index contributed by atoms with van der Waals surface area (Å²) in [5, 5.41) is 2.79. The van der Waals surface area contributed by atoms with Gasteiger partial charge in [0, 0.05) is 37.2 Å². The average molecular weight is 326 g/mol. The molecule has 0 unspecified atom stereocenters. The molecule has 2 rings (SSSR count). The van der Waals surface area contributed by atoms with Crippen LogP contribution in [0.1, 0.15) is 41.3 Å². The molecule has 1 N–H and O–H groups in total. The molecule has 0 saturated carbocycles. The van der Waals surface area contributed by atoms with E-state index in [1.165, 1.54) is 5.56 Å². The predicted octanol–water partition coefficient (Wildman–Crippen LogP) is 2.93. The van der Waals surface area contributed by atoms with E-state index < -0.39 is 0 Å². The molecule has 0 bridgehead atoms. The highest BCUT2D eigenvalue weighted by Gasteiger charge is 2.09. The first-order chi connectivity index (χ1) is 11.6. The van der Waals surface area contributed by atoms with Crippen LogP contribution in [0.3, 0.4) is 0 Å². The van der Waals surface area contributed by atoms with Crippen molar-refractivity contribution in [1.82, 2.24) is 10.3 Å². The number of pyridine rings is 1. The lowest BCUT2D eigenvalue weighted by molar-refractivity contribution is -0.121. The second-order valence-electron chi connectivity index (χ2n) is 5.46. The third-order valence-corrected chi connectivity index (χ3v) is 3.76. The lowest BCUT2D eigenvalue weighted by Gasteiger charge is -2.06. The molecular weight excluding hydrogens is 304 g/mol. The normalized spacial score (nSPS) is 10.2. The molecule has 5 nitrogen and oxygen atoms in total. The number of carbonyl (C=O) groups excluding carboxylic acids is 2. The minimum atomic E-state index is -0.149. The third-order valence-electron chi connectivity index (χ3n) is 3.76. The van der Waals surface area contributed by atoms with E-state index >= 15 is 0 Å². The van der Waals surface area contributed by atoms with E-state index in [2.05, 4.69) is 17.2 Å². The first kappa shape index (κ1) is 17.7. The molecule has 0 radical (unpaired) electrons. The van der Waals surface area contributed by atoms with Crippen molar-refractivity contribution in [2.75, 3.05) is 7.11 Å². The number of benzene rings is 1. The molecule has 1 heterocycles. The van der Waals surface area contributed by atoms with Crippen molar-refractivity contribution in [3.05, 3.63) is 59.3 Å². The molecule has 1 amide bonds. The summed E-state index contributed by atoms with van der Waals surface area (Å²) in [6.07, 6.45) is 2.98. The minimum absolute atomic E-state index is 0.0149. The van der Waals surface area contributed by atoms with Crippen LogP contribution >= 0.6 is 0 Å². The molecule has 0 saturated heterocycles. The molecule has 5 heteroatoms. The van der Waals surface area contributed by atoms with Crippen LogP contribution in [0, 0.1) is 0 Å². The van der Waals surface area contributed by atoms with Crippen LogP contribution in [0.2, 0.25) is 0 Å². The van der Waals surface area contributed by atoms with Gasteiger partial charge in [-0.3, -0.25) is 9.59 Å². The van der Waals surface area contributed by atoms with Gasteiger partial charge in [-0.15, -0.1) is 0 Å². The number of nitrogens with one attached hydrogen (secondary N) is 1. The van der Waals surface area contributed by atoms with Gasteiger partial charge >= 0.3 is 0 Å². The monoisotopic (exact) mass is 326 g/mol. The first-order valence-electron chi connectivity index (χ1n) is 8.00. The van der Waals surface area contributed by atoms with Crippen molar-refractivity contribution in [3.8, 4) is 5.88 Å². The fourth-order valence-corrected chi connectivity index (χ4v) is 2.22. The molecule has 0 aliphatic heterocycles. The summed E-state index contributed by atoms with van der Waals surface area (Å²) in [7, 11) is 1.55. The van der Waals surface area contributed by atoms with Crippen LogP contribution in [0.15, 0.2) is 42.6 Å². The van der Waals surface area contributed by atoms with Crippen molar-refractivity contribution < 1.29 is 14.3 Å². The summed E-state index contributed by atoms with van der Waals surface area (Å²) in [5.74, 6) is 0.369. The number of hydrogen-bond donors (Lipinski definition) is 1. The molecule has 0 atom stereocenters. The van der Waals surface area contributed by atoms with Gasteiger partial charge in [0.15, 0.2) is 5.78 Å². The van der Waals surface area contributed by atoms with Crippen LogP contribution in [0.5, 0.6) is 5.88 Å². The SMILES string of the molecule is CCc1ccc(C(=O)CCC(=O)NCc2ccc(OC)nc2)cc1. The van der Waals surface area contributed by atoms with Gasteiger partial charge in [-0.25, -0.2) is 4.98 Å². The van der Waals surface area contributed by atoms with Crippen LogP contribution in [0.25, 0.3) is 0 Å². The number of carbonyl (C=O) groups is 2. The fourth-order valence-electron chi connectivity index (χ4n) is 2.22. The zero-order valence-electron chi connectivity index (χ0n) is 14.0. The van der Waals surface area contributed by atoms with Gasteiger partial charge in [0.2, 0.25) is 11.8 Å². The highest BCUT2D eigenvalue weighted by atomic mass is 16.5. The smallest absolute Gasteiger partial charge is 0.220 e. The third kappa shape index (κ3) is 5.19. The van der Waals surface area contributed by atoms with Crippen LogP contribution < -0.4 is 10.1 Å². The molecule has 0 aliphatic rings. The largest absolute Gasteiger partial charge is 0.481 e. The molecule has 1 aromatic carbocycles. The lowest BCUT2D eigenvalue weighted by atomic mass is 10.0. The van der Waals surface area contributed by atoms with E-state index in [0.717, 1.165) is 12.0 Å². The lowest BCUT2D eigenvalue weighted by Crippen LogP contribution is -2.23. The molecule has 2 aromatic rings. The molecule has 0 fully saturated rings. The van der Waals surface area contributed by atoms with Crippen molar-refractivity contribution in [1.29, 1.82) is 0 Å². The van der Waals surface area contributed by atoms with Crippen molar-refractivity contribution in [3.63, 3.8) is 0 Å². The Morgan fingerprint density at radius 1 is 1.04 bits per heavy atom. The maximum atomic E-state index is 12.1. The quantitative estimate of drug-likeness (QED) is 0.757. The number of methoxy groups -OCH3 is 1. The second kappa shape index (κ2) is 8.82. The Morgan fingerprint density at radius 3 is 2.33 bits per heavy atom. The molecule has 24 heavy (non-hydrogen) atoms. The molecule has 126 valence electrons. The topological polar surface area (TPSA) is 68.3 Å². The molecule has 0 aliphatic carbocycles. The fraction of sp³-hybridized carbons (Fsp3) is 0.316. The van der Waals surface area contributed by atoms with E-state index in [0.29, 0.717) is 18.0 Å². The molecular formula is C19H22N2O3. The zero-order chi connectivity index (χ0) is 17.4. The minimum Gasteiger partial charge on any atom is -0.481 e. The summed E-state index contributed by atoms with van der Waals surface area (Å²) >= 11 is 0. The number of ether oxygens (including phenoxy) is 1. The second-order valence-corrected chi connectivity index (χ2v) is 5.46. The van der Waals surface area contributed by atoms with Crippen LogP contribution in [0.4, 0.5) is 0 Å². The van der Waals surface area contributed by atoms with E-state index in [1.807, 2.05) is 30.3 Å². The summed E-state index contributed by atoms with van der Waals surface area (Å²) in [4.78, 5) is 28.0. The Morgan fingerprint density at radius 2 is 1.75 bits per heavy atom. The van der Waals surface area contributed by atoms with Gasteiger partial charge in [0.25, 0.3) is 0 Å². The number of aromatic nitrogens is 1. The number of amides is 1. The summed E-state index contributed by atoms with van der Waals surface area (Å²) in [5.41, 5.74) is 2.72. The van der Waals surface area contributed by atoms with Crippen molar-refractivity contribution in [2.24, 2.45) is 0 Å². The number of rotatable bonds is 8. The highest BCUT2D eigenvalue weighted by Crippen LogP contribution is 2.09. The van der Waals surface area contributed by atoms with E-state index in [9.17, 15) is 9.59 Å². The maximum Gasteiger partial charge on any atom is 0.220 e. The van der Waals surface area contributed by atoms with Crippen LogP contribution in [-0.4, -0.2) is 23.8 Å². The predicted molar refractivity (Wildman–Crippen MR) is 92.0 cm³/mol. The van der Waals surface area contributed by atoms with Gasteiger partial charge in [-0.2, -0.15) is 0 Å². The Kier molecular flexibility index (Phi) is 6.49. The van der Waals surface area contributed by atoms with Gasteiger partial charge < -0.3 is 10.1 Å². The molecule has 0 spiro atoms. The number of Topliss-reactive ketones (excluding diaryl/α,β-unsaturated/α-hetero) is 1. The number of nitrogens with zero attached hydrogens (tertiary/aromatic N) is 1. The molecule has 1 aromatic heterocycles. The summed E-state index contributed by atoms with van der Waals surface area (Å²) in [6, 6.07) is 11.1. The van der Waals surface area contributed by atoms with Crippen molar-refractivity contribution in [2.45, 2.75) is 32.7 Å². The van der Waals surface area contributed by atoms with Gasteiger partial charge in [0.05, 0.1) is 7.11 Å². The number of hydrogen-bond acceptors (Lipinski definition) is 4. The standard InChI is InChI=1S/C19H22N2O3/c1-3-14-4-7-16(8-5-14)17(22)9-10-18(23)20-12-15-6-11-19(24-2)21-13-15/h4-8,11,13H,3,9-10,12H2,1-2H3,(H,20,23). The highest BCUT2D eigenvalue weighted by molar-refractivity contribution is 5.97. The Hall–Kier alpha value is -2.69. The zero-order valence-corrected chi connectivity index (χ0v) is 14.0. The Balaban J connectivity index is 1.76. The van der Waals surface area contributed by atoms with Gasteiger partial charge in [-0.1, -0.05) is 37.3 Å². The number of ketones is 1. The Labute approximate surface area is 142 Å². The van der Waals surface area contributed by atoms with E-state index in [-0.39, 0.29) is 24.5 Å². The Bertz CT molecular complexity index is 679. The first-order valence-corrected chi connectivity index (χ1v) is 8.00. The maximum absolute atomic E-state index is 12.1. The van der Waals surface area contributed by atoms with E-state index in [1.54, 1.807) is 19.4 Å². The van der Waals surface area contributed by atoms with Gasteiger partial charge in [0.1, 0.15) is 0 Å². The average Bonchev–Trinajstić information content (AvgIpc) is 2.64. The van der Waals surface area contributed by atoms with E-state index in [4.69, 9.17) is 4.74 Å². The summed E-state index contributed by atoms with van der Waals surface area (Å²) < 4.78 is 4.98. The summed E-state index contributed by atoms with van der Waals surface area (Å²) in [6.45, 7) is 2.45.